The van der Waals surface area contributed by atoms with Gasteiger partial charge in [0.25, 0.3) is 11.8 Å². The molecule has 0 aliphatic carbocycles. The van der Waals surface area contributed by atoms with Crippen molar-refractivity contribution < 1.29 is 19.4 Å². The zero-order valence-electron chi connectivity index (χ0n) is 20.0. The molecule has 2 heterocycles. The van der Waals surface area contributed by atoms with Crippen LogP contribution in [0.25, 0.3) is 10.8 Å². The van der Waals surface area contributed by atoms with Gasteiger partial charge in [-0.2, -0.15) is 0 Å². The number of rotatable bonds is 8. The lowest BCUT2D eigenvalue weighted by Crippen LogP contribution is -2.51. The van der Waals surface area contributed by atoms with Crippen LogP contribution in [0.3, 0.4) is 0 Å². The summed E-state index contributed by atoms with van der Waals surface area (Å²) in [5, 5.41) is 12.1. The Bertz CT molecular complexity index is 1190. The molecular weight excluding hydrogens is 442 g/mol. The van der Waals surface area contributed by atoms with Crippen LogP contribution in [0, 0.1) is 6.92 Å². The molecule has 1 atom stereocenters. The Kier molecular flexibility index (Phi) is 6.81. The van der Waals surface area contributed by atoms with Crippen molar-refractivity contribution in [2.45, 2.75) is 13.0 Å². The number of nitrogens with zero attached hydrogens (tertiary/aromatic N) is 3. The molecule has 0 saturated carbocycles. The van der Waals surface area contributed by atoms with Crippen LogP contribution in [-0.4, -0.2) is 90.1 Å². The fourth-order valence-electron chi connectivity index (χ4n) is 4.98. The molecule has 7 nitrogen and oxygen atoms in total. The third-order valence-electron chi connectivity index (χ3n) is 6.95. The van der Waals surface area contributed by atoms with Crippen LogP contribution >= 0.6 is 0 Å². The summed E-state index contributed by atoms with van der Waals surface area (Å²) in [5.41, 5.74) is 2.26. The molecule has 182 valence electrons. The molecule has 0 bridgehead atoms. The van der Waals surface area contributed by atoms with Crippen LogP contribution in [0.15, 0.2) is 60.7 Å². The van der Waals surface area contributed by atoms with E-state index in [1.807, 2.05) is 55.5 Å². The van der Waals surface area contributed by atoms with Crippen molar-refractivity contribution in [2.75, 3.05) is 52.4 Å². The third kappa shape index (κ3) is 4.93. The van der Waals surface area contributed by atoms with Gasteiger partial charge in [-0.3, -0.25) is 24.3 Å². The molecule has 0 spiro atoms. The molecule has 1 N–H and O–H groups in total. The molecule has 0 unspecified atom stereocenters. The molecule has 35 heavy (non-hydrogen) atoms. The fraction of sp³-hybridized carbons (Fsp3) is 0.357. The SMILES string of the molecule is Cc1ccccc1OC[C@@H](O)CN1CCN(CCN2C(=O)c3cccc4cccc(c34)C2=O)CC1. The van der Waals surface area contributed by atoms with Gasteiger partial charge in [-0.05, 0) is 36.1 Å². The van der Waals surface area contributed by atoms with E-state index in [-0.39, 0.29) is 18.4 Å². The summed E-state index contributed by atoms with van der Waals surface area (Å²) in [6.07, 6.45) is -0.562. The second-order valence-corrected chi connectivity index (χ2v) is 9.34. The van der Waals surface area contributed by atoms with Gasteiger partial charge >= 0.3 is 0 Å². The average molecular weight is 474 g/mol. The molecular formula is C28H31N3O4. The van der Waals surface area contributed by atoms with Crippen LogP contribution < -0.4 is 4.74 Å². The first-order chi connectivity index (χ1) is 17.0. The number of β-amino-alcohol motifs (C(OH)–C–C–N with tert-alkyl or cyclic N) is 1. The molecule has 2 aliphatic rings. The van der Waals surface area contributed by atoms with E-state index in [1.54, 1.807) is 12.1 Å². The number of aliphatic hydroxyl groups is 1. The summed E-state index contributed by atoms with van der Waals surface area (Å²) in [7, 11) is 0. The van der Waals surface area contributed by atoms with E-state index in [4.69, 9.17) is 4.74 Å². The quantitative estimate of drug-likeness (QED) is 0.508. The van der Waals surface area contributed by atoms with E-state index in [0.29, 0.717) is 30.8 Å². The van der Waals surface area contributed by atoms with Gasteiger partial charge in [-0.15, -0.1) is 0 Å². The molecule has 0 aromatic heterocycles. The van der Waals surface area contributed by atoms with Gasteiger partial charge in [0.1, 0.15) is 18.5 Å². The van der Waals surface area contributed by atoms with Gasteiger partial charge in [-0.1, -0.05) is 42.5 Å². The molecule has 2 aliphatic heterocycles. The number of amides is 2. The van der Waals surface area contributed by atoms with Crippen LogP contribution in [0.5, 0.6) is 5.75 Å². The Balaban J connectivity index is 1.10. The molecule has 0 radical (unpaired) electrons. The minimum atomic E-state index is -0.562. The zero-order chi connectivity index (χ0) is 24.4. The first kappa shape index (κ1) is 23.5. The number of imide groups is 1. The summed E-state index contributed by atoms with van der Waals surface area (Å²) < 4.78 is 5.78. The van der Waals surface area contributed by atoms with Crippen LogP contribution in [0.2, 0.25) is 0 Å². The Labute approximate surface area is 205 Å². The Morgan fingerprint density at radius 2 is 1.46 bits per heavy atom. The number of aryl methyl sites for hydroxylation is 1. The highest BCUT2D eigenvalue weighted by Crippen LogP contribution is 2.29. The maximum absolute atomic E-state index is 13.1. The highest BCUT2D eigenvalue weighted by molar-refractivity contribution is 6.25. The predicted molar refractivity (Wildman–Crippen MR) is 135 cm³/mol. The number of piperazine rings is 1. The lowest BCUT2D eigenvalue weighted by atomic mass is 9.94. The van der Waals surface area contributed by atoms with Crippen molar-refractivity contribution in [3.63, 3.8) is 0 Å². The van der Waals surface area contributed by atoms with Crippen LogP contribution in [0.1, 0.15) is 26.3 Å². The predicted octanol–water partition coefficient (Wildman–Crippen LogP) is 2.80. The maximum Gasteiger partial charge on any atom is 0.261 e. The molecule has 3 aromatic carbocycles. The van der Waals surface area contributed by atoms with Gasteiger partial charge in [0.05, 0.1) is 0 Å². The summed E-state index contributed by atoms with van der Waals surface area (Å²) in [6, 6.07) is 19.0. The Morgan fingerprint density at radius 1 is 0.829 bits per heavy atom. The summed E-state index contributed by atoms with van der Waals surface area (Å²) in [5.74, 6) is 0.376. The number of carbonyl (C=O) groups excluding carboxylic acids is 2. The molecule has 2 amide bonds. The minimum absolute atomic E-state index is 0.213. The molecule has 5 rings (SSSR count). The topological polar surface area (TPSA) is 73.3 Å². The molecule has 3 aromatic rings. The number of benzene rings is 3. The number of para-hydroxylation sites is 1. The fourth-order valence-corrected chi connectivity index (χ4v) is 4.98. The first-order valence-electron chi connectivity index (χ1n) is 12.2. The highest BCUT2D eigenvalue weighted by Gasteiger charge is 2.33. The van der Waals surface area contributed by atoms with E-state index < -0.39 is 6.10 Å². The Hall–Kier alpha value is -3.26. The molecule has 7 heteroatoms. The van der Waals surface area contributed by atoms with E-state index in [1.165, 1.54) is 4.90 Å². The van der Waals surface area contributed by atoms with Crippen LogP contribution in [-0.2, 0) is 0 Å². The second-order valence-electron chi connectivity index (χ2n) is 9.34. The second kappa shape index (κ2) is 10.2. The number of hydrogen-bond acceptors (Lipinski definition) is 6. The maximum atomic E-state index is 13.1. The third-order valence-corrected chi connectivity index (χ3v) is 6.95. The lowest BCUT2D eigenvalue weighted by molar-refractivity contribution is 0.0415. The van der Waals surface area contributed by atoms with E-state index in [9.17, 15) is 14.7 Å². The van der Waals surface area contributed by atoms with Gasteiger partial charge in [0.15, 0.2) is 0 Å². The van der Waals surface area contributed by atoms with Gasteiger partial charge in [0.2, 0.25) is 0 Å². The lowest BCUT2D eigenvalue weighted by Gasteiger charge is -2.36. The van der Waals surface area contributed by atoms with Crippen molar-refractivity contribution in [3.05, 3.63) is 77.4 Å². The normalized spacial score (nSPS) is 17.7. The van der Waals surface area contributed by atoms with E-state index in [2.05, 4.69) is 9.80 Å². The highest BCUT2D eigenvalue weighted by atomic mass is 16.5. The minimum Gasteiger partial charge on any atom is -0.491 e. The standard InChI is InChI=1S/C28H31N3O4/c1-20-6-2-3-11-25(20)35-19-22(32)18-30-14-12-29(13-15-30)16-17-31-27(33)23-9-4-7-21-8-5-10-24(26(21)23)28(31)34/h2-11,22,32H,12-19H2,1H3/t22-/m0/s1. The van der Waals surface area contributed by atoms with Crippen LogP contribution in [0.4, 0.5) is 0 Å². The van der Waals surface area contributed by atoms with Crippen molar-refractivity contribution in [3.8, 4) is 5.75 Å². The average Bonchev–Trinajstić information content (AvgIpc) is 2.87. The number of aliphatic hydroxyl groups excluding tert-OH is 1. The van der Waals surface area contributed by atoms with Gasteiger partial charge in [0, 0.05) is 62.3 Å². The van der Waals surface area contributed by atoms with Crippen molar-refractivity contribution in [1.82, 2.24) is 14.7 Å². The van der Waals surface area contributed by atoms with Crippen molar-refractivity contribution in [1.29, 1.82) is 0 Å². The summed E-state index contributed by atoms with van der Waals surface area (Å²) in [6.45, 7) is 7.13. The largest absolute Gasteiger partial charge is 0.491 e. The summed E-state index contributed by atoms with van der Waals surface area (Å²) >= 11 is 0. The van der Waals surface area contributed by atoms with Crippen molar-refractivity contribution >= 4 is 22.6 Å². The van der Waals surface area contributed by atoms with Gasteiger partial charge < -0.3 is 9.84 Å². The number of hydrogen-bond donors (Lipinski definition) is 1. The smallest absolute Gasteiger partial charge is 0.261 e. The number of carbonyl (C=O) groups is 2. The van der Waals surface area contributed by atoms with Crippen molar-refractivity contribution in [2.24, 2.45) is 0 Å². The summed E-state index contributed by atoms with van der Waals surface area (Å²) in [4.78, 5) is 32.1. The zero-order valence-corrected chi connectivity index (χ0v) is 20.0. The van der Waals surface area contributed by atoms with Gasteiger partial charge in [-0.25, -0.2) is 0 Å². The molecule has 1 saturated heterocycles. The first-order valence-corrected chi connectivity index (χ1v) is 12.2. The monoisotopic (exact) mass is 473 g/mol. The molecule has 1 fully saturated rings. The Morgan fingerprint density at radius 3 is 2.11 bits per heavy atom. The van der Waals surface area contributed by atoms with E-state index >= 15 is 0 Å². The number of ether oxygens (including phenoxy) is 1. The van der Waals surface area contributed by atoms with E-state index in [0.717, 1.165) is 48.3 Å².